The summed E-state index contributed by atoms with van der Waals surface area (Å²) in [6, 6.07) is -2.08. The summed E-state index contributed by atoms with van der Waals surface area (Å²) in [4.78, 5) is 34.7. The molecule has 104 valence electrons. The van der Waals surface area contributed by atoms with Gasteiger partial charge < -0.3 is 25.7 Å². The summed E-state index contributed by atoms with van der Waals surface area (Å²) in [7, 11) is 0. The molecule has 0 aromatic heterocycles. The number of nitrogens with one attached hydrogen (secondary N) is 2. The zero-order valence-corrected chi connectivity index (χ0v) is 10.5. The minimum atomic E-state index is -1.37. The highest BCUT2D eigenvalue weighted by molar-refractivity contribution is 5.86. The Hall–Kier alpha value is -1.83. The highest BCUT2D eigenvalue weighted by Gasteiger charge is 2.22. The maximum Gasteiger partial charge on any atom is 0.328 e. The number of carboxylic acid groups (broad SMARTS) is 1. The van der Waals surface area contributed by atoms with Crippen molar-refractivity contribution >= 4 is 17.9 Å². The summed E-state index contributed by atoms with van der Waals surface area (Å²) in [5.41, 5.74) is 0. The van der Waals surface area contributed by atoms with Crippen molar-refractivity contribution in [3.05, 3.63) is 0 Å². The number of hydrogen-bond donors (Lipinski definition) is 4. The molecule has 8 nitrogen and oxygen atoms in total. The van der Waals surface area contributed by atoms with Gasteiger partial charge in [-0.15, -0.1) is 0 Å². The number of carbonyl (C=O) groups excluding carboxylic acids is 2. The quantitative estimate of drug-likeness (QED) is 0.449. The molecule has 0 aliphatic rings. The maximum atomic E-state index is 11.6. The van der Waals surface area contributed by atoms with E-state index in [0.29, 0.717) is 6.54 Å². The Morgan fingerprint density at radius 2 is 1.89 bits per heavy atom. The molecule has 3 amide bonds. The van der Waals surface area contributed by atoms with Crippen molar-refractivity contribution < 1.29 is 24.6 Å². The maximum absolute atomic E-state index is 11.6. The zero-order valence-electron chi connectivity index (χ0n) is 10.5. The second-order valence-corrected chi connectivity index (χ2v) is 3.49. The SMILES string of the molecule is CCNC(=O)CN(CC)C(=O)N[C@H](CO)C(=O)O. The summed E-state index contributed by atoms with van der Waals surface area (Å²) in [5, 5.41) is 22.1. The molecule has 0 saturated carbocycles. The van der Waals surface area contributed by atoms with Gasteiger partial charge in [-0.3, -0.25) is 4.79 Å². The molecule has 0 fully saturated rings. The molecule has 0 unspecified atom stereocenters. The number of nitrogens with zero attached hydrogens (tertiary/aromatic N) is 1. The topological polar surface area (TPSA) is 119 Å². The van der Waals surface area contributed by atoms with E-state index in [-0.39, 0.29) is 19.0 Å². The fourth-order valence-corrected chi connectivity index (χ4v) is 1.18. The molecule has 4 N–H and O–H groups in total. The second kappa shape index (κ2) is 8.29. The normalized spacial score (nSPS) is 11.5. The number of hydrogen-bond acceptors (Lipinski definition) is 4. The van der Waals surface area contributed by atoms with Crippen LogP contribution in [0.25, 0.3) is 0 Å². The van der Waals surface area contributed by atoms with E-state index in [0.717, 1.165) is 4.90 Å². The van der Waals surface area contributed by atoms with Gasteiger partial charge in [0.05, 0.1) is 6.61 Å². The van der Waals surface area contributed by atoms with E-state index in [9.17, 15) is 14.4 Å². The van der Waals surface area contributed by atoms with Crippen LogP contribution in [0.2, 0.25) is 0 Å². The van der Waals surface area contributed by atoms with Crippen LogP contribution in [0.5, 0.6) is 0 Å². The molecule has 0 radical (unpaired) electrons. The van der Waals surface area contributed by atoms with Crippen molar-refractivity contribution in [2.24, 2.45) is 0 Å². The molecule has 1 atom stereocenters. The monoisotopic (exact) mass is 261 g/mol. The van der Waals surface area contributed by atoms with Gasteiger partial charge in [0.25, 0.3) is 0 Å². The molecule has 0 aliphatic heterocycles. The van der Waals surface area contributed by atoms with Crippen LogP contribution in [-0.2, 0) is 9.59 Å². The van der Waals surface area contributed by atoms with Crippen LogP contribution in [-0.4, -0.2) is 65.3 Å². The number of likely N-dealkylation sites (N-methyl/N-ethyl adjacent to an activating group) is 2. The average molecular weight is 261 g/mol. The van der Waals surface area contributed by atoms with Crippen molar-refractivity contribution in [2.75, 3.05) is 26.2 Å². The van der Waals surface area contributed by atoms with Crippen LogP contribution >= 0.6 is 0 Å². The number of amides is 3. The van der Waals surface area contributed by atoms with Gasteiger partial charge in [0, 0.05) is 13.1 Å². The van der Waals surface area contributed by atoms with Crippen molar-refractivity contribution in [1.29, 1.82) is 0 Å². The van der Waals surface area contributed by atoms with Gasteiger partial charge in [-0.05, 0) is 13.8 Å². The van der Waals surface area contributed by atoms with Crippen LogP contribution in [0.4, 0.5) is 4.79 Å². The largest absolute Gasteiger partial charge is 0.480 e. The van der Waals surface area contributed by atoms with Gasteiger partial charge in [-0.2, -0.15) is 0 Å². The molecule has 0 rings (SSSR count). The third-order valence-corrected chi connectivity index (χ3v) is 2.16. The molecule has 0 aromatic carbocycles. The molecule has 8 heteroatoms. The zero-order chi connectivity index (χ0) is 14.1. The fraction of sp³-hybridized carbons (Fsp3) is 0.700. The summed E-state index contributed by atoms with van der Waals surface area (Å²) in [5.74, 6) is -1.66. The standard InChI is InChI=1S/C10H19N3O5/c1-3-11-8(15)5-13(4-2)10(18)12-7(6-14)9(16)17/h7,14H,3-6H2,1-2H3,(H,11,15)(H,12,18)(H,16,17)/t7-/m1/s1. The minimum Gasteiger partial charge on any atom is -0.480 e. The Kier molecular flexibility index (Phi) is 7.45. The molecular formula is C10H19N3O5. The van der Waals surface area contributed by atoms with Crippen LogP contribution < -0.4 is 10.6 Å². The molecule has 0 aliphatic carbocycles. The highest BCUT2D eigenvalue weighted by Crippen LogP contribution is 1.92. The number of carbonyl (C=O) groups is 3. The lowest BCUT2D eigenvalue weighted by Crippen LogP contribution is -2.51. The molecule has 0 spiro atoms. The van der Waals surface area contributed by atoms with Crippen molar-refractivity contribution in [3.63, 3.8) is 0 Å². The van der Waals surface area contributed by atoms with Crippen molar-refractivity contribution in [3.8, 4) is 0 Å². The first kappa shape index (κ1) is 16.2. The van der Waals surface area contributed by atoms with Gasteiger partial charge in [-0.25, -0.2) is 9.59 Å². The van der Waals surface area contributed by atoms with E-state index in [2.05, 4.69) is 10.6 Å². The number of aliphatic hydroxyl groups is 1. The van der Waals surface area contributed by atoms with E-state index in [1.807, 2.05) is 0 Å². The van der Waals surface area contributed by atoms with Gasteiger partial charge in [-0.1, -0.05) is 0 Å². The van der Waals surface area contributed by atoms with Gasteiger partial charge >= 0.3 is 12.0 Å². The Bertz CT molecular complexity index is 308. The van der Waals surface area contributed by atoms with Crippen LogP contribution in [0.15, 0.2) is 0 Å². The fourth-order valence-electron chi connectivity index (χ4n) is 1.18. The smallest absolute Gasteiger partial charge is 0.328 e. The molecule has 0 bridgehead atoms. The Labute approximate surface area is 105 Å². The third kappa shape index (κ3) is 5.48. The first-order valence-electron chi connectivity index (χ1n) is 5.62. The molecule has 18 heavy (non-hydrogen) atoms. The van der Waals surface area contributed by atoms with E-state index < -0.39 is 24.6 Å². The number of carboxylic acids is 1. The lowest BCUT2D eigenvalue weighted by atomic mass is 10.3. The highest BCUT2D eigenvalue weighted by atomic mass is 16.4. The first-order chi connectivity index (χ1) is 8.46. The number of urea groups is 1. The minimum absolute atomic E-state index is 0.159. The Morgan fingerprint density at radius 1 is 1.28 bits per heavy atom. The van der Waals surface area contributed by atoms with Crippen molar-refractivity contribution in [1.82, 2.24) is 15.5 Å². The second-order valence-electron chi connectivity index (χ2n) is 3.49. The molecular weight excluding hydrogens is 242 g/mol. The molecule has 0 aromatic rings. The summed E-state index contributed by atoms with van der Waals surface area (Å²) < 4.78 is 0. The lowest BCUT2D eigenvalue weighted by Gasteiger charge is -2.22. The first-order valence-corrected chi connectivity index (χ1v) is 5.62. The Balaban J connectivity index is 4.42. The van der Waals surface area contributed by atoms with Crippen molar-refractivity contribution in [2.45, 2.75) is 19.9 Å². The summed E-state index contributed by atoms with van der Waals surface area (Å²) >= 11 is 0. The predicted octanol–water partition coefficient (Wildman–Crippen LogP) is -1.40. The molecule has 0 heterocycles. The molecule has 0 saturated heterocycles. The average Bonchev–Trinajstić information content (AvgIpc) is 2.32. The van der Waals surface area contributed by atoms with E-state index in [4.69, 9.17) is 10.2 Å². The number of rotatable bonds is 7. The lowest BCUT2D eigenvalue weighted by molar-refractivity contribution is -0.140. The number of aliphatic carboxylic acids is 1. The van der Waals surface area contributed by atoms with Gasteiger partial charge in [0.15, 0.2) is 6.04 Å². The van der Waals surface area contributed by atoms with Crippen LogP contribution in [0, 0.1) is 0 Å². The summed E-state index contributed by atoms with van der Waals surface area (Å²) in [6.45, 7) is 3.24. The summed E-state index contributed by atoms with van der Waals surface area (Å²) in [6.07, 6.45) is 0. The van der Waals surface area contributed by atoms with E-state index in [1.165, 1.54) is 0 Å². The van der Waals surface area contributed by atoms with Gasteiger partial charge in [0.2, 0.25) is 5.91 Å². The van der Waals surface area contributed by atoms with Gasteiger partial charge in [0.1, 0.15) is 6.54 Å². The predicted molar refractivity (Wildman–Crippen MR) is 63.0 cm³/mol. The Morgan fingerprint density at radius 3 is 2.28 bits per heavy atom. The van der Waals surface area contributed by atoms with E-state index in [1.54, 1.807) is 13.8 Å². The van der Waals surface area contributed by atoms with Crippen LogP contribution in [0.3, 0.4) is 0 Å². The third-order valence-electron chi connectivity index (χ3n) is 2.16. The number of aliphatic hydroxyl groups excluding tert-OH is 1. The van der Waals surface area contributed by atoms with E-state index >= 15 is 0 Å². The van der Waals surface area contributed by atoms with Crippen LogP contribution in [0.1, 0.15) is 13.8 Å².